The van der Waals surface area contributed by atoms with Crippen LogP contribution in [0.1, 0.15) is 296 Å². The van der Waals surface area contributed by atoms with E-state index < -0.39 is 26.5 Å². The number of carbonyl (C=O) groups excluding carboxylic acids is 2. The first-order valence-corrected chi connectivity index (χ1v) is 38.0. The summed E-state index contributed by atoms with van der Waals surface area (Å²) >= 11 is 0. The lowest BCUT2D eigenvalue weighted by molar-refractivity contribution is -0.870. The number of carbonyl (C=O) groups is 2. The molecule has 0 saturated heterocycles. The van der Waals surface area contributed by atoms with E-state index in [1.54, 1.807) is 0 Å². The number of phosphoric ester groups is 1. The maximum absolute atomic E-state index is 12.9. The standard InChI is InChI=1S/C80H136NO8P/c1-6-8-10-12-14-16-18-20-22-24-26-28-30-32-34-35-36-37-38-39-40-41-42-43-44-45-47-49-51-53-55-57-59-61-63-65-67-69-71-73-80(83)89-78(77-88-90(84,85)87-75-74-81(3,4)5)76-86-79(82)72-70-68-66-64-62-60-58-56-54-52-50-48-46-33-31-29-27-25-23-21-19-17-15-13-11-9-7-2/h8-11,14-17,20-23,26-29,32,34,36-37,39-40,42-43,78H,6-7,12-13,18-19,24-25,30-31,33,35,38,41,44-77H2,1-5H3/b10-8-,11-9-,16-14-,17-15-,22-20-,23-21-,28-26-,29-27-,34-32-,37-36-,40-39-,43-42-. The average Bonchev–Trinajstić information content (AvgIpc) is 3.58. The second-order valence-electron chi connectivity index (χ2n) is 25.2. The van der Waals surface area contributed by atoms with E-state index in [4.69, 9.17) is 18.5 Å². The number of hydrogen-bond donors (Lipinski definition) is 0. The number of nitrogens with zero attached hydrogens (tertiary/aromatic N) is 1. The molecule has 0 fully saturated rings. The van der Waals surface area contributed by atoms with Crippen LogP contribution in [0.2, 0.25) is 0 Å². The second-order valence-corrected chi connectivity index (χ2v) is 26.6. The van der Waals surface area contributed by atoms with E-state index in [0.717, 1.165) is 116 Å². The highest BCUT2D eigenvalue weighted by Crippen LogP contribution is 2.38. The van der Waals surface area contributed by atoms with Crippen molar-refractivity contribution in [1.29, 1.82) is 0 Å². The van der Waals surface area contributed by atoms with Crippen LogP contribution < -0.4 is 4.89 Å². The van der Waals surface area contributed by atoms with Crippen molar-refractivity contribution in [2.24, 2.45) is 0 Å². The molecule has 2 atom stereocenters. The van der Waals surface area contributed by atoms with Crippen LogP contribution in [0.3, 0.4) is 0 Å². The topological polar surface area (TPSA) is 111 Å². The molecule has 90 heavy (non-hydrogen) atoms. The van der Waals surface area contributed by atoms with E-state index in [1.807, 2.05) is 21.1 Å². The van der Waals surface area contributed by atoms with E-state index in [0.29, 0.717) is 17.4 Å². The third kappa shape index (κ3) is 72.9. The summed E-state index contributed by atoms with van der Waals surface area (Å²) < 4.78 is 34.3. The number of unbranched alkanes of at least 4 members (excludes halogenated alkanes) is 28. The fourth-order valence-electron chi connectivity index (χ4n) is 9.84. The van der Waals surface area contributed by atoms with Crippen LogP contribution in [0.25, 0.3) is 0 Å². The minimum absolute atomic E-state index is 0.0359. The molecule has 0 spiro atoms. The average molecular weight is 1270 g/mol. The summed E-state index contributed by atoms with van der Waals surface area (Å²) in [5.41, 5.74) is 0. The Bertz CT molecular complexity index is 2030. The molecular weight excluding hydrogens is 1130 g/mol. The molecule has 0 aliphatic carbocycles. The van der Waals surface area contributed by atoms with Gasteiger partial charge < -0.3 is 27.9 Å². The van der Waals surface area contributed by atoms with Crippen molar-refractivity contribution in [2.45, 2.75) is 302 Å². The summed E-state index contributed by atoms with van der Waals surface area (Å²) in [6, 6.07) is 0. The van der Waals surface area contributed by atoms with Gasteiger partial charge in [0.2, 0.25) is 0 Å². The van der Waals surface area contributed by atoms with E-state index >= 15 is 0 Å². The Morgan fingerprint density at radius 2 is 0.600 bits per heavy atom. The fourth-order valence-corrected chi connectivity index (χ4v) is 10.6. The maximum Gasteiger partial charge on any atom is 0.306 e. The van der Waals surface area contributed by atoms with Crippen LogP contribution in [0.15, 0.2) is 146 Å². The highest BCUT2D eigenvalue weighted by molar-refractivity contribution is 7.45. The van der Waals surface area contributed by atoms with Gasteiger partial charge in [-0.25, -0.2) is 0 Å². The molecule has 2 unspecified atom stereocenters. The Labute approximate surface area is 554 Å². The van der Waals surface area contributed by atoms with Gasteiger partial charge in [0.15, 0.2) is 6.10 Å². The van der Waals surface area contributed by atoms with Crippen molar-refractivity contribution in [3.63, 3.8) is 0 Å². The van der Waals surface area contributed by atoms with Gasteiger partial charge in [-0.2, -0.15) is 0 Å². The molecule has 0 aromatic heterocycles. The Morgan fingerprint density at radius 3 is 0.889 bits per heavy atom. The third-order valence-electron chi connectivity index (χ3n) is 15.4. The van der Waals surface area contributed by atoms with E-state index in [9.17, 15) is 19.0 Å². The first-order chi connectivity index (χ1) is 44.0. The number of quaternary nitrogens is 1. The zero-order chi connectivity index (χ0) is 65.5. The van der Waals surface area contributed by atoms with Gasteiger partial charge in [0, 0.05) is 12.8 Å². The van der Waals surface area contributed by atoms with Crippen LogP contribution in [0.5, 0.6) is 0 Å². The summed E-state index contributed by atoms with van der Waals surface area (Å²) in [7, 11) is 1.16. The molecule has 0 aliphatic heterocycles. The third-order valence-corrected chi connectivity index (χ3v) is 16.3. The van der Waals surface area contributed by atoms with Crippen molar-refractivity contribution in [2.75, 3.05) is 47.5 Å². The molecule has 0 saturated carbocycles. The van der Waals surface area contributed by atoms with Gasteiger partial charge in [0.1, 0.15) is 19.8 Å². The van der Waals surface area contributed by atoms with Gasteiger partial charge in [-0.1, -0.05) is 314 Å². The SMILES string of the molecule is CC/C=C\C/C=C\C/C=C\C/C=C\C/C=C\C/C=C\C/C=C\C/C=C\CCCCCCCCCCCCCCCCC(=O)OC(COC(=O)CCCCCCCCCCCCCCCC/C=C\C/C=C\C/C=C\C/C=C\CC)COP(=O)([O-])OCC[N+](C)(C)C. The highest BCUT2D eigenvalue weighted by atomic mass is 31.2. The largest absolute Gasteiger partial charge is 0.756 e. The number of allylic oxidation sites excluding steroid dienone is 24. The Morgan fingerprint density at radius 1 is 0.344 bits per heavy atom. The van der Waals surface area contributed by atoms with Crippen molar-refractivity contribution in [3.8, 4) is 0 Å². The van der Waals surface area contributed by atoms with Gasteiger partial charge in [-0.3, -0.25) is 14.2 Å². The zero-order valence-electron chi connectivity index (χ0n) is 58.5. The molecule has 0 N–H and O–H groups in total. The van der Waals surface area contributed by atoms with E-state index in [-0.39, 0.29) is 32.0 Å². The molecule has 514 valence electrons. The molecule has 0 aliphatic rings. The van der Waals surface area contributed by atoms with Crippen LogP contribution >= 0.6 is 7.82 Å². The molecule has 9 nitrogen and oxygen atoms in total. The smallest absolute Gasteiger partial charge is 0.306 e. The predicted octanol–water partition coefficient (Wildman–Crippen LogP) is 23.5. The number of esters is 2. The summed E-state index contributed by atoms with van der Waals surface area (Å²) in [6.07, 6.45) is 102. The number of likely N-dealkylation sites (N-methyl/N-ethyl adjacent to an activating group) is 1. The quantitative estimate of drug-likeness (QED) is 0.0195. The van der Waals surface area contributed by atoms with Crippen LogP contribution in [-0.2, 0) is 32.7 Å². The Balaban J connectivity index is 4.04. The lowest BCUT2D eigenvalue weighted by Gasteiger charge is -2.28. The fraction of sp³-hybridized carbons (Fsp3) is 0.675. The first-order valence-electron chi connectivity index (χ1n) is 36.5. The van der Waals surface area contributed by atoms with Crippen molar-refractivity contribution in [3.05, 3.63) is 146 Å². The number of phosphoric acid groups is 1. The Kier molecular flexibility index (Phi) is 66.1. The number of rotatable bonds is 66. The molecule has 0 aromatic carbocycles. The van der Waals surface area contributed by atoms with Crippen molar-refractivity contribution in [1.82, 2.24) is 0 Å². The van der Waals surface area contributed by atoms with E-state index in [2.05, 4.69) is 160 Å². The lowest BCUT2D eigenvalue weighted by Crippen LogP contribution is -2.37. The molecule has 0 radical (unpaired) electrons. The summed E-state index contributed by atoms with van der Waals surface area (Å²) in [5, 5.41) is 0. The minimum atomic E-state index is -4.65. The molecule has 0 rings (SSSR count). The second kappa shape index (κ2) is 69.2. The molecular formula is C80H136NO8P. The number of ether oxygens (including phenoxy) is 2. The molecule has 0 aromatic rings. The van der Waals surface area contributed by atoms with Crippen molar-refractivity contribution >= 4 is 19.8 Å². The summed E-state index contributed by atoms with van der Waals surface area (Å²) in [4.78, 5) is 38.1. The maximum atomic E-state index is 12.9. The minimum Gasteiger partial charge on any atom is -0.756 e. The lowest BCUT2D eigenvalue weighted by atomic mass is 10.0. The predicted molar refractivity (Wildman–Crippen MR) is 387 cm³/mol. The Hall–Kier alpha value is -4.11. The van der Waals surface area contributed by atoms with Crippen LogP contribution in [-0.4, -0.2) is 70.0 Å². The summed E-state index contributed by atoms with van der Waals surface area (Å²) in [6.45, 7) is 4.03. The number of hydrogen-bond acceptors (Lipinski definition) is 8. The first kappa shape index (κ1) is 85.9. The van der Waals surface area contributed by atoms with Gasteiger partial charge in [0.25, 0.3) is 7.82 Å². The van der Waals surface area contributed by atoms with Gasteiger partial charge in [0.05, 0.1) is 27.7 Å². The highest BCUT2D eigenvalue weighted by Gasteiger charge is 2.22. The van der Waals surface area contributed by atoms with Gasteiger partial charge >= 0.3 is 11.9 Å². The van der Waals surface area contributed by atoms with Crippen LogP contribution in [0.4, 0.5) is 0 Å². The van der Waals surface area contributed by atoms with Gasteiger partial charge in [-0.05, 0) is 116 Å². The summed E-state index contributed by atoms with van der Waals surface area (Å²) in [5.74, 6) is -0.833. The molecule has 0 bridgehead atoms. The molecule has 0 heterocycles. The monoisotopic (exact) mass is 1270 g/mol. The van der Waals surface area contributed by atoms with E-state index in [1.165, 1.54) is 148 Å². The van der Waals surface area contributed by atoms with Gasteiger partial charge in [-0.15, -0.1) is 0 Å². The van der Waals surface area contributed by atoms with Crippen molar-refractivity contribution < 1.29 is 42.1 Å². The zero-order valence-corrected chi connectivity index (χ0v) is 59.4. The molecule has 0 amide bonds. The normalized spacial score (nSPS) is 14.0. The van der Waals surface area contributed by atoms with Crippen LogP contribution in [0, 0.1) is 0 Å². The molecule has 10 heteroatoms.